The van der Waals surface area contributed by atoms with E-state index in [-0.39, 0.29) is 5.92 Å². The van der Waals surface area contributed by atoms with Gasteiger partial charge in [-0.1, -0.05) is 0 Å². The molecule has 0 aromatic heterocycles. The van der Waals surface area contributed by atoms with Gasteiger partial charge in [-0.05, 0) is 19.4 Å². The first-order valence-corrected chi connectivity index (χ1v) is 4.82. The van der Waals surface area contributed by atoms with Crippen LogP contribution in [0.3, 0.4) is 0 Å². The summed E-state index contributed by atoms with van der Waals surface area (Å²) in [6, 6.07) is 0.488. The Kier molecular flexibility index (Phi) is 2.51. The first-order valence-electron chi connectivity index (χ1n) is 4.82. The molecule has 0 bridgehead atoms. The largest absolute Gasteiger partial charge is 0.481 e. The van der Waals surface area contributed by atoms with E-state index in [2.05, 4.69) is 4.90 Å². The van der Waals surface area contributed by atoms with Gasteiger partial charge >= 0.3 is 5.97 Å². The van der Waals surface area contributed by atoms with E-state index in [9.17, 15) is 4.79 Å². The van der Waals surface area contributed by atoms with Gasteiger partial charge in [0.25, 0.3) is 0 Å². The van der Waals surface area contributed by atoms with Crippen LogP contribution >= 0.6 is 0 Å². The SMILES string of the molecule is O=C(O)C1CCCN(C2COC2)C1. The van der Waals surface area contributed by atoms with Crippen LogP contribution in [0, 0.1) is 5.92 Å². The lowest BCUT2D eigenvalue weighted by atomic mass is 9.96. The summed E-state index contributed by atoms with van der Waals surface area (Å²) in [6.45, 7) is 3.32. The van der Waals surface area contributed by atoms with Gasteiger partial charge in [-0.15, -0.1) is 0 Å². The van der Waals surface area contributed by atoms with Crippen molar-refractivity contribution >= 4 is 5.97 Å². The van der Waals surface area contributed by atoms with E-state index < -0.39 is 5.97 Å². The molecule has 0 aromatic carbocycles. The molecular formula is C9H15NO3. The van der Waals surface area contributed by atoms with Crippen molar-refractivity contribution in [2.24, 2.45) is 5.92 Å². The lowest BCUT2D eigenvalue weighted by molar-refractivity contribution is -0.146. The smallest absolute Gasteiger partial charge is 0.307 e. The first kappa shape index (κ1) is 8.97. The molecule has 2 heterocycles. The number of piperidine rings is 1. The van der Waals surface area contributed by atoms with Crippen LogP contribution in [0.5, 0.6) is 0 Å². The van der Waals surface area contributed by atoms with Crippen molar-refractivity contribution in [1.82, 2.24) is 4.90 Å². The van der Waals surface area contributed by atoms with Crippen molar-refractivity contribution < 1.29 is 14.6 Å². The number of nitrogens with zero attached hydrogens (tertiary/aromatic N) is 1. The molecule has 4 heteroatoms. The van der Waals surface area contributed by atoms with Crippen LogP contribution in [0.15, 0.2) is 0 Å². The van der Waals surface area contributed by atoms with Crippen LogP contribution in [0.2, 0.25) is 0 Å². The van der Waals surface area contributed by atoms with Gasteiger partial charge in [0.2, 0.25) is 0 Å². The second-order valence-corrected chi connectivity index (χ2v) is 3.86. The summed E-state index contributed by atoms with van der Waals surface area (Å²) in [5.74, 6) is -0.806. The standard InChI is InChI=1S/C9H15NO3/c11-9(12)7-2-1-3-10(4-7)8-5-13-6-8/h7-8H,1-6H2,(H,11,12). The molecule has 0 saturated carbocycles. The Balaban J connectivity index is 1.87. The lowest BCUT2D eigenvalue weighted by Crippen LogP contribution is -2.53. The number of hydrogen-bond acceptors (Lipinski definition) is 3. The summed E-state index contributed by atoms with van der Waals surface area (Å²) in [5.41, 5.74) is 0. The average Bonchev–Trinajstić information content (AvgIpc) is 2.01. The maximum Gasteiger partial charge on any atom is 0.307 e. The van der Waals surface area contributed by atoms with Crippen LogP contribution < -0.4 is 0 Å². The van der Waals surface area contributed by atoms with Crippen molar-refractivity contribution in [1.29, 1.82) is 0 Å². The molecule has 1 unspecified atom stereocenters. The van der Waals surface area contributed by atoms with E-state index in [4.69, 9.17) is 9.84 Å². The molecule has 1 atom stereocenters. The predicted octanol–water partition coefficient (Wildman–Crippen LogP) is 0.182. The van der Waals surface area contributed by atoms with Crippen molar-refractivity contribution in [2.75, 3.05) is 26.3 Å². The first-order chi connectivity index (χ1) is 6.27. The highest BCUT2D eigenvalue weighted by Crippen LogP contribution is 2.21. The van der Waals surface area contributed by atoms with Gasteiger partial charge in [0.1, 0.15) is 0 Å². The highest BCUT2D eigenvalue weighted by atomic mass is 16.5. The molecule has 0 aliphatic carbocycles. The van der Waals surface area contributed by atoms with Crippen molar-refractivity contribution in [2.45, 2.75) is 18.9 Å². The molecule has 0 amide bonds. The van der Waals surface area contributed by atoms with Gasteiger partial charge < -0.3 is 9.84 Å². The minimum absolute atomic E-state index is 0.158. The Labute approximate surface area is 77.5 Å². The van der Waals surface area contributed by atoms with Gasteiger partial charge in [0.05, 0.1) is 25.2 Å². The third-order valence-corrected chi connectivity index (χ3v) is 2.94. The quantitative estimate of drug-likeness (QED) is 0.667. The molecule has 0 radical (unpaired) electrons. The van der Waals surface area contributed by atoms with Crippen molar-refractivity contribution in [3.05, 3.63) is 0 Å². The molecule has 74 valence electrons. The maximum absolute atomic E-state index is 10.8. The number of aliphatic carboxylic acids is 1. The molecular weight excluding hydrogens is 170 g/mol. The number of rotatable bonds is 2. The van der Waals surface area contributed by atoms with Gasteiger partial charge in [-0.25, -0.2) is 0 Å². The van der Waals surface area contributed by atoms with E-state index in [1.165, 1.54) is 0 Å². The Morgan fingerprint density at radius 1 is 1.46 bits per heavy atom. The summed E-state index contributed by atoms with van der Waals surface area (Å²) in [5, 5.41) is 8.87. The van der Waals surface area contributed by atoms with E-state index in [1.807, 2.05) is 0 Å². The number of carbonyl (C=O) groups is 1. The zero-order chi connectivity index (χ0) is 9.26. The normalized spacial score (nSPS) is 31.2. The summed E-state index contributed by atoms with van der Waals surface area (Å²) in [6.07, 6.45) is 1.84. The maximum atomic E-state index is 10.8. The van der Waals surface area contributed by atoms with Crippen LogP contribution in [-0.4, -0.2) is 48.3 Å². The molecule has 2 aliphatic rings. The fraction of sp³-hybridized carbons (Fsp3) is 0.889. The van der Waals surface area contributed by atoms with Crippen LogP contribution in [0.1, 0.15) is 12.8 Å². The topological polar surface area (TPSA) is 49.8 Å². The molecule has 2 saturated heterocycles. The number of carboxylic acids is 1. The molecule has 1 N–H and O–H groups in total. The van der Waals surface area contributed by atoms with E-state index >= 15 is 0 Å². The third kappa shape index (κ3) is 1.84. The zero-order valence-electron chi connectivity index (χ0n) is 7.61. The summed E-state index contributed by atoms with van der Waals surface area (Å²) >= 11 is 0. The molecule has 2 aliphatic heterocycles. The Bertz CT molecular complexity index is 203. The van der Waals surface area contributed by atoms with E-state index in [1.54, 1.807) is 0 Å². The highest BCUT2D eigenvalue weighted by Gasteiger charge is 2.32. The number of hydrogen-bond donors (Lipinski definition) is 1. The fourth-order valence-electron chi connectivity index (χ4n) is 1.97. The molecule has 2 rings (SSSR count). The lowest BCUT2D eigenvalue weighted by Gasteiger charge is -2.41. The second kappa shape index (κ2) is 3.64. The average molecular weight is 185 g/mol. The van der Waals surface area contributed by atoms with Crippen molar-refractivity contribution in [3.8, 4) is 0 Å². The summed E-state index contributed by atoms with van der Waals surface area (Å²) < 4.78 is 5.09. The Morgan fingerprint density at radius 3 is 2.77 bits per heavy atom. The number of carboxylic acid groups (broad SMARTS) is 1. The summed E-state index contributed by atoms with van der Waals surface area (Å²) in [7, 11) is 0. The number of ether oxygens (including phenoxy) is 1. The van der Waals surface area contributed by atoms with Gasteiger partial charge in [0, 0.05) is 6.54 Å². The minimum atomic E-state index is -0.648. The summed E-state index contributed by atoms with van der Waals surface area (Å²) in [4.78, 5) is 13.0. The second-order valence-electron chi connectivity index (χ2n) is 3.86. The Hall–Kier alpha value is -0.610. The van der Waals surface area contributed by atoms with Gasteiger partial charge in [-0.3, -0.25) is 9.69 Å². The zero-order valence-corrected chi connectivity index (χ0v) is 7.61. The predicted molar refractivity (Wildman–Crippen MR) is 46.5 cm³/mol. The van der Waals surface area contributed by atoms with Crippen LogP contribution in [0.4, 0.5) is 0 Å². The van der Waals surface area contributed by atoms with Gasteiger partial charge in [-0.2, -0.15) is 0 Å². The fourth-order valence-corrected chi connectivity index (χ4v) is 1.97. The Morgan fingerprint density at radius 2 is 2.23 bits per heavy atom. The molecule has 2 fully saturated rings. The minimum Gasteiger partial charge on any atom is -0.481 e. The van der Waals surface area contributed by atoms with Crippen molar-refractivity contribution in [3.63, 3.8) is 0 Å². The molecule has 0 aromatic rings. The van der Waals surface area contributed by atoms with Crippen LogP contribution in [0.25, 0.3) is 0 Å². The number of likely N-dealkylation sites (tertiary alicyclic amines) is 1. The third-order valence-electron chi connectivity index (χ3n) is 2.94. The molecule has 4 nitrogen and oxygen atoms in total. The molecule has 13 heavy (non-hydrogen) atoms. The highest BCUT2D eigenvalue weighted by molar-refractivity contribution is 5.70. The monoisotopic (exact) mass is 185 g/mol. The van der Waals surface area contributed by atoms with E-state index in [0.717, 1.165) is 32.6 Å². The van der Waals surface area contributed by atoms with Crippen LogP contribution in [-0.2, 0) is 9.53 Å². The van der Waals surface area contributed by atoms with E-state index in [0.29, 0.717) is 12.6 Å². The molecule has 0 spiro atoms. The van der Waals surface area contributed by atoms with Gasteiger partial charge in [0.15, 0.2) is 0 Å².